The summed E-state index contributed by atoms with van der Waals surface area (Å²) in [5.74, 6) is 5.74. The maximum Gasteiger partial charge on any atom is 0.315 e. The van der Waals surface area contributed by atoms with Crippen molar-refractivity contribution in [2.24, 2.45) is 0 Å². The number of carbonyl (C=O) groups excluding carboxylic acids is 1. The third-order valence-electron chi connectivity index (χ3n) is 3.42. The molecule has 0 aliphatic heterocycles. The fourth-order valence-corrected chi connectivity index (χ4v) is 2.14. The summed E-state index contributed by atoms with van der Waals surface area (Å²) >= 11 is 0. The van der Waals surface area contributed by atoms with E-state index in [1.807, 2.05) is 0 Å². The molecule has 0 aliphatic rings. The van der Waals surface area contributed by atoms with Crippen LogP contribution in [0, 0.1) is 17.7 Å². The molecular formula is C18H26FN3O. The Bertz CT molecular complexity index is 536. The molecule has 0 fully saturated rings. The van der Waals surface area contributed by atoms with Gasteiger partial charge >= 0.3 is 6.03 Å². The Morgan fingerprint density at radius 2 is 1.70 bits per heavy atom. The first-order chi connectivity index (χ1) is 10.9. The van der Waals surface area contributed by atoms with Crippen molar-refractivity contribution in [3.63, 3.8) is 0 Å². The highest BCUT2D eigenvalue weighted by Crippen LogP contribution is 2.03. The molecule has 1 aromatic rings. The number of nitrogens with one attached hydrogen (secondary N) is 2. The van der Waals surface area contributed by atoms with Crippen molar-refractivity contribution in [2.75, 3.05) is 13.1 Å². The van der Waals surface area contributed by atoms with Gasteiger partial charge in [0.25, 0.3) is 0 Å². The van der Waals surface area contributed by atoms with E-state index < -0.39 is 0 Å². The van der Waals surface area contributed by atoms with Crippen LogP contribution in [0.3, 0.4) is 0 Å². The second-order valence-corrected chi connectivity index (χ2v) is 5.88. The fraction of sp³-hybridized carbons (Fsp3) is 0.500. The van der Waals surface area contributed by atoms with Crippen LogP contribution in [-0.4, -0.2) is 36.1 Å². The van der Waals surface area contributed by atoms with Gasteiger partial charge in [-0.25, -0.2) is 9.18 Å². The summed E-state index contributed by atoms with van der Waals surface area (Å²) in [6.07, 6.45) is 0. The molecule has 0 heterocycles. The van der Waals surface area contributed by atoms with Crippen LogP contribution in [0.2, 0.25) is 0 Å². The third-order valence-corrected chi connectivity index (χ3v) is 3.42. The van der Waals surface area contributed by atoms with Gasteiger partial charge in [-0.2, -0.15) is 0 Å². The highest BCUT2D eigenvalue weighted by molar-refractivity contribution is 5.74. The van der Waals surface area contributed by atoms with Gasteiger partial charge < -0.3 is 10.6 Å². The summed E-state index contributed by atoms with van der Waals surface area (Å²) in [5, 5.41) is 5.38. The maximum atomic E-state index is 12.8. The fourth-order valence-electron chi connectivity index (χ4n) is 2.14. The standard InChI is InChI=1S/C18H26FN3O/c1-14(2)22(15(3)4)12-6-5-11-20-18(23)21-13-16-7-9-17(19)10-8-16/h7-10,14-15H,11-13H2,1-4H3,(H2,20,21,23). The lowest BCUT2D eigenvalue weighted by atomic mass is 10.2. The number of benzene rings is 1. The van der Waals surface area contributed by atoms with Crippen LogP contribution in [0.15, 0.2) is 24.3 Å². The van der Waals surface area contributed by atoms with Crippen molar-refractivity contribution >= 4 is 6.03 Å². The zero-order chi connectivity index (χ0) is 17.2. The molecule has 1 rings (SSSR count). The molecule has 126 valence electrons. The van der Waals surface area contributed by atoms with Gasteiger partial charge in [0.05, 0.1) is 13.1 Å². The number of halogens is 1. The average molecular weight is 319 g/mol. The zero-order valence-corrected chi connectivity index (χ0v) is 14.3. The van der Waals surface area contributed by atoms with Crippen molar-refractivity contribution in [3.8, 4) is 11.8 Å². The lowest BCUT2D eigenvalue weighted by Gasteiger charge is -2.28. The van der Waals surface area contributed by atoms with Crippen LogP contribution in [0.5, 0.6) is 0 Å². The predicted molar refractivity (Wildman–Crippen MR) is 91.4 cm³/mol. The number of hydrogen-bond acceptors (Lipinski definition) is 2. The Morgan fingerprint density at radius 1 is 1.09 bits per heavy atom. The first-order valence-corrected chi connectivity index (χ1v) is 7.87. The zero-order valence-electron chi connectivity index (χ0n) is 14.3. The lowest BCUT2D eigenvalue weighted by molar-refractivity contribution is 0.200. The molecule has 0 aliphatic carbocycles. The number of nitrogens with zero attached hydrogens (tertiary/aromatic N) is 1. The number of carbonyl (C=O) groups is 1. The molecule has 0 spiro atoms. The van der Waals surface area contributed by atoms with Crippen LogP contribution < -0.4 is 10.6 Å². The van der Waals surface area contributed by atoms with Gasteiger partial charge in [0.2, 0.25) is 0 Å². The van der Waals surface area contributed by atoms with E-state index in [4.69, 9.17) is 0 Å². The minimum atomic E-state index is -0.287. The first kappa shape index (κ1) is 19.0. The summed E-state index contributed by atoms with van der Waals surface area (Å²) in [6.45, 7) is 9.92. The molecule has 0 saturated heterocycles. The van der Waals surface area contributed by atoms with Crippen LogP contribution in [0.1, 0.15) is 33.3 Å². The van der Waals surface area contributed by atoms with Crippen molar-refractivity contribution in [1.29, 1.82) is 0 Å². The second-order valence-electron chi connectivity index (χ2n) is 5.88. The summed E-state index contributed by atoms with van der Waals surface area (Å²) in [5.41, 5.74) is 0.845. The van der Waals surface area contributed by atoms with Gasteiger partial charge in [-0.1, -0.05) is 24.0 Å². The minimum Gasteiger partial charge on any atom is -0.334 e. The topological polar surface area (TPSA) is 44.4 Å². The van der Waals surface area contributed by atoms with E-state index >= 15 is 0 Å². The normalized spacial score (nSPS) is 10.6. The van der Waals surface area contributed by atoms with E-state index in [0.29, 0.717) is 31.7 Å². The van der Waals surface area contributed by atoms with Crippen molar-refractivity contribution in [3.05, 3.63) is 35.6 Å². The summed E-state index contributed by atoms with van der Waals surface area (Å²) in [6, 6.07) is 6.62. The van der Waals surface area contributed by atoms with Crippen LogP contribution in [0.25, 0.3) is 0 Å². The monoisotopic (exact) mass is 319 g/mol. The molecule has 0 radical (unpaired) electrons. The summed E-state index contributed by atoms with van der Waals surface area (Å²) < 4.78 is 12.8. The van der Waals surface area contributed by atoms with Crippen LogP contribution >= 0.6 is 0 Å². The van der Waals surface area contributed by atoms with E-state index in [2.05, 4.69) is 55.1 Å². The van der Waals surface area contributed by atoms with Crippen LogP contribution in [-0.2, 0) is 6.54 Å². The quantitative estimate of drug-likeness (QED) is 0.792. The summed E-state index contributed by atoms with van der Waals surface area (Å²) in [7, 11) is 0. The molecule has 1 aromatic carbocycles. The maximum absolute atomic E-state index is 12.8. The van der Waals surface area contributed by atoms with Crippen LogP contribution in [0.4, 0.5) is 9.18 Å². The molecule has 0 bridgehead atoms. The van der Waals surface area contributed by atoms with Gasteiger partial charge in [0.15, 0.2) is 0 Å². The number of amides is 2. The smallest absolute Gasteiger partial charge is 0.315 e. The minimum absolute atomic E-state index is 0.284. The highest BCUT2D eigenvalue weighted by Gasteiger charge is 2.10. The molecule has 2 amide bonds. The molecule has 5 heteroatoms. The Kier molecular flexibility index (Phi) is 8.14. The van der Waals surface area contributed by atoms with E-state index in [-0.39, 0.29) is 11.8 Å². The third kappa shape index (κ3) is 7.66. The largest absolute Gasteiger partial charge is 0.334 e. The van der Waals surface area contributed by atoms with E-state index in [1.165, 1.54) is 12.1 Å². The first-order valence-electron chi connectivity index (χ1n) is 7.87. The highest BCUT2D eigenvalue weighted by atomic mass is 19.1. The van der Waals surface area contributed by atoms with Gasteiger partial charge in [0, 0.05) is 18.6 Å². The Labute approximate surface area is 138 Å². The number of hydrogen-bond donors (Lipinski definition) is 2. The Hall–Kier alpha value is -2.06. The Morgan fingerprint density at radius 3 is 2.26 bits per heavy atom. The SMILES string of the molecule is CC(C)N(CC#CCNC(=O)NCc1ccc(F)cc1)C(C)C. The molecular weight excluding hydrogens is 293 g/mol. The number of rotatable bonds is 6. The average Bonchev–Trinajstić information content (AvgIpc) is 2.49. The second kappa shape index (κ2) is 9.86. The molecule has 0 aromatic heterocycles. The molecule has 2 N–H and O–H groups in total. The van der Waals surface area contributed by atoms with Gasteiger partial charge in [-0.15, -0.1) is 0 Å². The summed E-state index contributed by atoms with van der Waals surface area (Å²) in [4.78, 5) is 13.9. The molecule has 0 unspecified atom stereocenters. The van der Waals surface area contributed by atoms with Gasteiger partial charge in [0.1, 0.15) is 5.82 Å². The van der Waals surface area contributed by atoms with Crippen molar-refractivity contribution < 1.29 is 9.18 Å². The van der Waals surface area contributed by atoms with E-state index in [0.717, 1.165) is 5.56 Å². The van der Waals surface area contributed by atoms with Crippen molar-refractivity contribution in [1.82, 2.24) is 15.5 Å². The lowest BCUT2D eigenvalue weighted by Crippen LogP contribution is -2.37. The molecule has 23 heavy (non-hydrogen) atoms. The Balaban J connectivity index is 2.26. The van der Waals surface area contributed by atoms with Gasteiger partial charge in [-0.05, 0) is 45.4 Å². The number of urea groups is 1. The van der Waals surface area contributed by atoms with Gasteiger partial charge in [-0.3, -0.25) is 4.90 Å². The van der Waals surface area contributed by atoms with Crippen molar-refractivity contribution in [2.45, 2.75) is 46.3 Å². The van der Waals surface area contributed by atoms with E-state index in [1.54, 1.807) is 12.1 Å². The molecule has 4 nitrogen and oxygen atoms in total. The molecule has 0 saturated carbocycles. The predicted octanol–water partition coefficient (Wildman–Crippen LogP) is 2.75. The molecule has 0 atom stereocenters. The van der Waals surface area contributed by atoms with E-state index in [9.17, 15) is 9.18 Å².